The van der Waals surface area contributed by atoms with Crippen LogP contribution in [0.25, 0.3) is 0 Å². The van der Waals surface area contributed by atoms with Gasteiger partial charge in [0.15, 0.2) is 6.61 Å². The van der Waals surface area contributed by atoms with Crippen LogP contribution in [0, 0.1) is 20.8 Å². The summed E-state index contributed by atoms with van der Waals surface area (Å²) in [5.74, 6) is -1.15. The van der Waals surface area contributed by atoms with Gasteiger partial charge in [-0.1, -0.05) is 35.9 Å². The molecule has 0 aliphatic carbocycles. The van der Waals surface area contributed by atoms with Gasteiger partial charge in [-0.3, -0.25) is 9.52 Å². The highest BCUT2D eigenvalue weighted by molar-refractivity contribution is 7.92. The first-order chi connectivity index (χ1) is 15.6. The number of anilines is 1. The van der Waals surface area contributed by atoms with Gasteiger partial charge in [0.2, 0.25) is 0 Å². The fourth-order valence-electron chi connectivity index (χ4n) is 3.58. The molecule has 33 heavy (non-hydrogen) atoms. The van der Waals surface area contributed by atoms with Crippen LogP contribution in [0.3, 0.4) is 0 Å². The number of nitrogens with one attached hydrogen (secondary N) is 1. The fraction of sp³-hybridized carbons (Fsp3) is 0.250. The maximum Gasteiger partial charge on any atom is 0.340 e. The first-order valence-corrected chi connectivity index (χ1v) is 12.6. The molecule has 2 aromatic carbocycles. The molecule has 1 heterocycles. The number of amides is 1. The quantitative estimate of drug-likeness (QED) is 0.480. The lowest BCUT2D eigenvalue weighted by Crippen LogP contribution is -2.30. The van der Waals surface area contributed by atoms with Crippen LogP contribution in [-0.4, -0.2) is 38.8 Å². The second-order valence-corrected chi connectivity index (χ2v) is 10.4. The van der Waals surface area contributed by atoms with Crippen LogP contribution in [-0.2, 0) is 26.1 Å². The third-order valence-corrected chi connectivity index (χ3v) is 7.52. The van der Waals surface area contributed by atoms with Crippen molar-refractivity contribution in [2.45, 2.75) is 32.2 Å². The standard InChI is InChI=1S/C24H26N2O5S2/c1-16-12-17(2)23(18(3)13-16)33(29,30)25-21-10-6-5-9-20(21)24(28)31-15-22(27)26(4)14-19-8-7-11-32-19/h5-13,25H,14-15H2,1-4H3. The highest BCUT2D eigenvalue weighted by atomic mass is 32.2. The molecule has 0 aliphatic heterocycles. The molecular formula is C24H26N2O5S2. The third-order valence-electron chi connectivity index (χ3n) is 4.99. The minimum absolute atomic E-state index is 0.0252. The van der Waals surface area contributed by atoms with Gasteiger partial charge in [0, 0.05) is 11.9 Å². The number of benzene rings is 2. The van der Waals surface area contributed by atoms with Crippen molar-refractivity contribution in [3.63, 3.8) is 0 Å². The Kier molecular flexibility index (Phi) is 7.55. The number of para-hydroxylation sites is 1. The monoisotopic (exact) mass is 486 g/mol. The molecule has 0 saturated heterocycles. The summed E-state index contributed by atoms with van der Waals surface area (Å²) in [6, 6.07) is 13.5. The third kappa shape index (κ3) is 6.00. The van der Waals surface area contributed by atoms with Crippen LogP contribution in [0.2, 0.25) is 0 Å². The minimum Gasteiger partial charge on any atom is -0.452 e. The van der Waals surface area contributed by atoms with E-state index in [2.05, 4.69) is 4.72 Å². The number of carbonyl (C=O) groups is 2. The van der Waals surface area contributed by atoms with Gasteiger partial charge in [0.1, 0.15) is 0 Å². The van der Waals surface area contributed by atoms with E-state index in [4.69, 9.17) is 4.74 Å². The van der Waals surface area contributed by atoms with E-state index in [1.165, 1.54) is 28.4 Å². The molecule has 0 saturated carbocycles. The van der Waals surface area contributed by atoms with Gasteiger partial charge in [-0.05, 0) is 55.5 Å². The van der Waals surface area contributed by atoms with E-state index >= 15 is 0 Å². The van der Waals surface area contributed by atoms with Gasteiger partial charge < -0.3 is 9.64 Å². The summed E-state index contributed by atoms with van der Waals surface area (Å²) in [6.45, 7) is 5.33. The number of likely N-dealkylation sites (N-methyl/N-ethyl adjacent to an activating group) is 1. The lowest BCUT2D eigenvalue weighted by atomic mass is 10.1. The van der Waals surface area contributed by atoms with Crippen molar-refractivity contribution >= 4 is 38.9 Å². The van der Waals surface area contributed by atoms with E-state index in [1.807, 2.05) is 24.4 Å². The number of ether oxygens (including phenoxy) is 1. The molecule has 0 spiro atoms. The molecule has 1 N–H and O–H groups in total. The van der Waals surface area contributed by atoms with Crippen LogP contribution < -0.4 is 4.72 Å². The van der Waals surface area contributed by atoms with E-state index in [-0.39, 0.29) is 22.1 Å². The Balaban J connectivity index is 1.73. The molecule has 174 valence electrons. The van der Waals surface area contributed by atoms with Crippen molar-refractivity contribution in [1.82, 2.24) is 4.90 Å². The number of hydrogen-bond donors (Lipinski definition) is 1. The maximum atomic E-state index is 13.1. The summed E-state index contributed by atoms with van der Waals surface area (Å²) >= 11 is 1.53. The average molecular weight is 487 g/mol. The number of rotatable bonds is 8. The molecule has 3 aromatic rings. The smallest absolute Gasteiger partial charge is 0.340 e. The summed E-state index contributed by atoms with van der Waals surface area (Å²) in [6.07, 6.45) is 0. The van der Waals surface area contributed by atoms with Crippen molar-refractivity contribution in [1.29, 1.82) is 0 Å². The molecule has 0 aliphatic rings. The summed E-state index contributed by atoms with van der Waals surface area (Å²) < 4.78 is 33.9. The molecular weight excluding hydrogens is 460 g/mol. The van der Waals surface area contributed by atoms with Gasteiger partial charge >= 0.3 is 5.97 Å². The number of thiophene rings is 1. The molecule has 1 aromatic heterocycles. The first kappa shape index (κ1) is 24.5. The lowest BCUT2D eigenvalue weighted by Gasteiger charge is -2.17. The molecule has 0 radical (unpaired) electrons. The van der Waals surface area contributed by atoms with Crippen molar-refractivity contribution in [3.8, 4) is 0 Å². The second-order valence-electron chi connectivity index (χ2n) is 7.78. The van der Waals surface area contributed by atoms with Crippen molar-refractivity contribution in [3.05, 3.63) is 81.0 Å². The molecule has 1 amide bonds. The van der Waals surface area contributed by atoms with E-state index in [9.17, 15) is 18.0 Å². The molecule has 9 heteroatoms. The summed E-state index contributed by atoms with van der Waals surface area (Å²) in [4.78, 5) is 27.7. The molecule has 3 rings (SSSR count). The van der Waals surface area contributed by atoms with E-state index in [0.717, 1.165) is 10.4 Å². The molecule has 7 nitrogen and oxygen atoms in total. The number of hydrogen-bond acceptors (Lipinski definition) is 6. The highest BCUT2D eigenvalue weighted by Gasteiger charge is 2.23. The van der Waals surface area contributed by atoms with Crippen LogP contribution in [0.15, 0.2) is 58.8 Å². The SMILES string of the molecule is Cc1cc(C)c(S(=O)(=O)Nc2ccccc2C(=O)OCC(=O)N(C)Cc2cccs2)c(C)c1. The Morgan fingerprint density at radius 1 is 1.03 bits per heavy atom. The molecule has 0 fully saturated rings. The number of sulfonamides is 1. The number of aryl methyl sites for hydroxylation is 3. The lowest BCUT2D eigenvalue weighted by molar-refractivity contribution is -0.133. The minimum atomic E-state index is -3.95. The Bertz CT molecular complexity index is 1240. The molecule has 0 unspecified atom stereocenters. The maximum absolute atomic E-state index is 13.1. The van der Waals surface area contributed by atoms with Crippen LogP contribution >= 0.6 is 11.3 Å². The summed E-state index contributed by atoms with van der Waals surface area (Å²) in [5.41, 5.74) is 2.29. The molecule has 0 bridgehead atoms. The Labute approximate surface area is 198 Å². The van der Waals surface area contributed by atoms with Crippen LogP contribution in [0.4, 0.5) is 5.69 Å². The van der Waals surface area contributed by atoms with Crippen molar-refractivity contribution in [2.75, 3.05) is 18.4 Å². The van der Waals surface area contributed by atoms with Crippen LogP contribution in [0.1, 0.15) is 31.9 Å². The summed E-state index contributed by atoms with van der Waals surface area (Å²) in [5, 5.41) is 1.92. The topological polar surface area (TPSA) is 92.8 Å². The van der Waals surface area contributed by atoms with Gasteiger partial charge in [0.05, 0.1) is 22.7 Å². The second kappa shape index (κ2) is 10.2. The predicted octanol–water partition coefficient (Wildman–Crippen LogP) is 4.29. The highest BCUT2D eigenvalue weighted by Crippen LogP contribution is 2.26. The fourth-order valence-corrected chi connectivity index (χ4v) is 5.87. The predicted molar refractivity (Wildman–Crippen MR) is 129 cm³/mol. The Morgan fingerprint density at radius 3 is 2.33 bits per heavy atom. The van der Waals surface area contributed by atoms with Crippen molar-refractivity contribution < 1.29 is 22.7 Å². The zero-order valence-electron chi connectivity index (χ0n) is 18.9. The normalized spacial score (nSPS) is 11.2. The Hall–Kier alpha value is -3.17. The van der Waals surface area contributed by atoms with Gasteiger partial charge in [0.25, 0.3) is 15.9 Å². The molecule has 0 atom stereocenters. The zero-order valence-corrected chi connectivity index (χ0v) is 20.5. The van der Waals surface area contributed by atoms with Gasteiger partial charge in [-0.25, -0.2) is 13.2 Å². The van der Waals surface area contributed by atoms with Crippen LogP contribution in [0.5, 0.6) is 0 Å². The van der Waals surface area contributed by atoms with Gasteiger partial charge in [-0.15, -0.1) is 11.3 Å². The average Bonchev–Trinajstić information content (AvgIpc) is 3.23. The van der Waals surface area contributed by atoms with Gasteiger partial charge in [-0.2, -0.15) is 0 Å². The first-order valence-electron chi connectivity index (χ1n) is 10.2. The van der Waals surface area contributed by atoms with E-state index < -0.39 is 22.6 Å². The largest absolute Gasteiger partial charge is 0.452 e. The Morgan fingerprint density at radius 2 is 1.70 bits per heavy atom. The van der Waals surface area contributed by atoms with E-state index in [1.54, 1.807) is 45.2 Å². The zero-order chi connectivity index (χ0) is 24.2. The number of nitrogens with zero attached hydrogens (tertiary/aromatic N) is 1. The number of esters is 1. The number of carbonyl (C=O) groups excluding carboxylic acids is 2. The van der Waals surface area contributed by atoms with E-state index in [0.29, 0.717) is 17.7 Å². The van der Waals surface area contributed by atoms with Crippen molar-refractivity contribution in [2.24, 2.45) is 0 Å². The summed E-state index contributed by atoms with van der Waals surface area (Å²) in [7, 11) is -2.32.